The molecule has 0 spiro atoms. The molecule has 0 saturated carbocycles. The molecule has 0 aliphatic heterocycles. The lowest BCUT2D eigenvalue weighted by atomic mass is 10.1. The Labute approximate surface area is 152 Å². The van der Waals surface area contributed by atoms with E-state index >= 15 is 0 Å². The molecule has 0 N–H and O–H groups in total. The van der Waals surface area contributed by atoms with Gasteiger partial charge in [-0.1, -0.05) is 46.4 Å². The van der Waals surface area contributed by atoms with Gasteiger partial charge in [0, 0.05) is 25.3 Å². The summed E-state index contributed by atoms with van der Waals surface area (Å²) in [6, 6.07) is 6.76. The van der Waals surface area contributed by atoms with E-state index < -0.39 is 9.58 Å². The van der Waals surface area contributed by atoms with Crippen molar-refractivity contribution in [1.29, 1.82) is 0 Å². The molecule has 0 saturated heterocycles. The van der Waals surface area contributed by atoms with Crippen molar-refractivity contribution >= 4 is 57.8 Å². The van der Waals surface area contributed by atoms with E-state index in [1.54, 1.807) is 43.3 Å². The van der Waals surface area contributed by atoms with Gasteiger partial charge >= 0.3 is 0 Å². The molecule has 1 heterocycles. The van der Waals surface area contributed by atoms with Crippen LogP contribution < -0.4 is 0 Å². The first kappa shape index (κ1) is 18.0. The average Bonchev–Trinajstić information content (AvgIpc) is 2.92. The summed E-state index contributed by atoms with van der Waals surface area (Å²) in [6.45, 7) is 0. The number of Topliss-reactive ketones (excluding diaryl/α,β-unsaturated/α-hetero) is 1. The highest BCUT2D eigenvalue weighted by molar-refractivity contribution is 6.79. The minimum absolute atomic E-state index is 0.0648. The molecule has 0 radical (unpaired) electrons. The van der Waals surface area contributed by atoms with Crippen molar-refractivity contribution in [3.8, 4) is 5.69 Å². The van der Waals surface area contributed by atoms with Crippen LogP contribution in [0, 0.1) is 0 Å². The zero-order valence-corrected chi connectivity index (χ0v) is 15.1. The van der Waals surface area contributed by atoms with Crippen molar-refractivity contribution in [2.24, 2.45) is 0 Å². The lowest BCUT2D eigenvalue weighted by molar-refractivity contribution is -0.113. The monoisotopic (exact) mass is 393 g/mol. The molecule has 10 heteroatoms. The summed E-state index contributed by atoms with van der Waals surface area (Å²) in [7, 11) is 3.45. The standard InChI is InChI=1S/C13H11Cl4N5O/c1-21(2)7-10(11(23)13(15,16)17)12-18-19-20-22(12)9-5-3-8(14)4-6-9/h3-7H,1-2H3/b10-7+. The van der Waals surface area contributed by atoms with Crippen LogP contribution in [0.3, 0.4) is 0 Å². The molecule has 0 atom stereocenters. The number of hydrogen-bond acceptors (Lipinski definition) is 5. The molecule has 0 fully saturated rings. The molecule has 2 rings (SSSR count). The van der Waals surface area contributed by atoms with Gasteiger partial charge in [0.2, 0.25) is 5.78 Å². The molecule has 0 unspecified atom stereocenters. The second kappa shape index (κ2) is 7.05. The van der Waals surface area contributed by atoms with Crippen molar-refractivity contribution in [2.75, 3.05) is 14.1 Å². The number of ketones is 1. The number of carbonyl (C=O) groups excluding carboxylic acids is 1. The van der Waals surface area contributed by atoms with Crippen molar-refractivity contribution in [1.82, 2.24) is 25.1 Å². The Hall–Kier alpha value is -1.34. The Morgan fingerprint density at radius 3 is 2.35 bits per heavy atom. The van der Waals surface area contributed by atoms with Gasteiger partial charge in [-0.05, 0) is 34.7 Å². The van der Waals surface area contributed by atoms with Crippen LogP contribution >= 0.6 is 46.4 Å². The number of benzene rings is 1. The number of alkyl halides is 3. The Morgan fingerprint density at radius 2 is 1.83 bits per heavy atom. The Bertz CT molecular complexity index is 734. The molecule has 6 nitrogen and oxygen atoms in total. The van der Waals surface area contributed by atoms with Crippen molar-refractivity contribution in [2.45, 2.75) is 3.79 Å². The smallest absolute Gasteiger partial charge is 0.253 e. The summed E-state index contributed by atoms with van der Waals surface area (Å²) in [6.07, 6.45) is 1.49. The second-order valence-corrected chi connectivity index (χ2v) is 7.44. The van der Waals surface area contributed by atoms with Crippen LogP contribution in [0.4, 0.5) is 0 Å². The van der Waals surface area contributed by atoms with Gasteiger partial charge in [-0.25, -0.2) is 0 Å². The molecular formula is C13H11Cl4N5O. The SMILES string of the molecule is CN(C)/C=C(\C(=O)C(Cl)(Cl)Cl)c1nnnn1-c1ccc(Cl)cc1. The van der Waals surface area contributed by atoms with E-state index in [0.29, 0.717) is 10.7 Å². The van der Waals surface area contributed by atoms with Gasteiger partial charge in [0.05, 0.1) is 11.3 Å². The maximum absolute atomic E-state index is 12.4. The number of allylic oxidation sites excluding steroid dienone is 1. The highest BCUT2D eigenvalue weighted by Crippen LogP contribution is 2.33. The maximum Gasteiger partial charge on any atom is 0.253 e. The fraction of sp³-hybridized carbons (Fsp3) is 0.231. The first-order valence-electron chi connectivity index (χ1n) is 6.24. The number of rotatable bonds is 4. The third-order valence-corrected chi connectivity index (χ3v) is 3.44. The zero-order chi connectivity index (χ0) is 17.2. The van der Waals surface area contributed by atoms with Gasteiger partial charge in [-0.2, -0.15) is 4.68 Å². The number of carbonyl (C=O) groups is 1. The summed E-state index contributed by atoms with van der Waals surface area (Å²) in [5, 5.41) is 11.9. The lowest BCUT2D eigenvalue weighted by Crippen LogP contribution is -2.23. The third kappa shape index (κ3) is 4.35. The fourth-order valence-corrected chi connectivity index (χ4v) is 2.17. The van der Waals surface area contributed by atoms with Gasteiger partial charge in [0.25, 0.3) is 3.79 Å². The highest BCUT2D eigenvalue weighted by atomic mass is 35.6. The van der Waals surface area contributed by atoms with Crippen LogP contribution in [0.15, 0.2) is 30.5 Å². The fourth-order valence-electron chi connectivity index (χ4n) is 1.74. The number of tetrazole rings is 1. The van der Waals surface area contributed by atoms with E-state index in [1.807, 2.05) is 0 Å². The van der Waals surface area contributed by atoms with Gasteiger partial charge in [0.15, 0.2) is 5.82 Å². The Kier molecular flexibility index (Phi) is 5.52. The van der Waals surface area contributed by atoms with E-state index in [2.05, 4.69) is 15.5 Å². The first-order chi connectivity index (χ1) is 10.7. The molecule has 0 bridgehead atoms. The summed E-state index contributed by atoms with van der Waals surface area (Å²) in [5.41, 5.74) is 0.672. The first-order valence-corrected chi connectivity index (χ1v) is 7.76. The second-order valence-electron chi connectivity index (χ2n) is 4.72. The Balaban J connectivity index is 2.56. The number of nitrogens with zero attached hydrogens (tertiary/aromatic N) is 5. The van der Waals surface area contributed by atoms with Crippen molar-refractivity contribution in [3.05, 3.63) is 41.3 Å². The number of aromatic nitrogens is 4. The normalized spacial score (nSPS) is 12.3. The highest BCUT2D eigenvalue weighted by Gasteiger charge is 2.36. The van der Waals surface area contributed by atoms with Crippen LogP contribution in [0.2, 0.25) is 5.02 Å². The van der Waals surface area contributed by atoms with Crippen LogP contribution in [-0.2, 0) is 4.79 Å². The van der Waals surface area contributed by atoms with Gasteiger partial charge < -0.3 is 4.90 Å². The van der Waals surface area contributed by atoms with Gasteiger partial charge in [0.1, 0.15) is 0 Å². The van der Waals surface area contributed by atoms with Crippen LogP contribution in [-0.4, -0.2) is 48.8 Å². The topological polar surface area (TPSA) is 63.9 Å². The average molecular weight is 395 g/mol. The molecule has 0 aliphatic carbocycles. The summed E-state index contributed by atoms with van der Waals surface area (Å²) >= 11 is 23.0. The molecule has 2 aromatic rings. The quantitative estimate of drug-likeness (QED) is 0.588. The summed E-state index contributed by atoms with van der Waals surface area (Å²) in [4.78, 5) is 14.0. The maximum atomic E-state index is 12.4. The largest absolute Gasteiger partial charge is 0.383 e. The summed E-state index contributed by atoms with van der Waals surface area (Å²) < 4.78 is -0.765. The van der Waals surface area contributed by atoms with E-state index in [-0.39, 0.29) is 11.4 Å². The zero-order valence-electron chi connectivity index (χ0n) is 12.0. The minimum Gasteiger partial charge on any atom is -0.383 e. The van der Waals surface area contributed by atoms with E-state index in [0.717, 1.165) is 0 Å². The van der Waals surface area contributed by atoms with E-state index in [1.165, 1.54) is 10.9 Å². The molecular weight excluding hydrogens is 384 g/mol. The Morgan fingerprint density at radius 1 is 1.22 bits per heavy atom. The van der Waals surface area contributed by atoms with Crippen LogP contribution in [0.25, 0.3) is 11.3 Å². The number of hydrogen-bond donors (Lipinski definition) is 0. The molecule has 1 aromatic carbocycles. The van der Waals surface area contributed by atoms with Gasteiger partial charge in [-0.3, -0.25) is 4.79 Å². The summed E-state index contributed by atoms with van der Waals surface area (Å²) in [5.74, 6) is -0.585. The molecule has 23 heavy (non-hydrogen) atoms. The third-order valence-electron chi connectivity index (χ3n) is 2.67. The predicted octanol–water partition coefficient (Wildman–Crippen LogP) is 3.16. The predicted molar refractivity (Wildman–Crippen MR) is 91.1 cm³/mol. The van der Waals surface area contributed by atoms with Crippen molar-refractivity contribution < 1.29 is 4.79 Å². The molecule has 0 aliphatic rings. The minimum atomic E-state index is -2.13. The molecule has 1 aromatic heterocycles. The van der Waals surface area contributed by atoms with Crippen LogP contribution in [0.5, 0.6) is 0 Å². The van der Waals surface area contributed by atoms with E-state index in [9.17, 15) is 4.79 Å². The lowest BCUT2D eigenvalue weighted by Gasteiger charge is -2.15. The molecule has 0 amide bonds. The van der Waals surface area contributed by atoms with Gasteiger partial charge in [-0.15, -0.1) is 5.10 Å². The number of halogens is 4. The molecule has 122 valence electrons. The van der Waals surface area contributed by atoms with Crippen molar-refractivity contribution in [3.63, 3.8) is 0 Å². The van der Waals surface area contributed by atoms with E-state index in [4.69, 9.17) is 46.4 Å². The van der Waals surface area contributed by atoms with Crippen LogP contribution in [0.1, 0.15) is 5.82 Å².